The van der Waals surface area contributed by atoms with Crippen molar-refractivity contribution in [3.63, 3.8) is 0 Å². The number of non-ortho nitro benzene ring substituents is 1. The van der Waals surface area contributed by atoms with Crippen LogP contribution in [0.25, 0.3) is 0 Å². The van der Waals surface area contributed by atoms with E-state index in [1.54, 1.807) is 12.1 Å². The van der Waals surface area contributed by atoms with Crippen molar-refractivity contribution in [1.82, 2.24) is 10.2 Å². The van der Waals surface area contributed by atoms with E-state index in [2.05, 4.69) is 5.32 Å². The van der Waals surface area contributed by atoms with Crippen molar-refractivity contribution in [2.75, 3.05) is 0 Å². The lowest BCUT2D eigenvalue weighted by molar-refractivity contribution is -0.384. The average Bonchev–Trinajstić information content (AvgIpc) is 2.76. The number of hydrogen-bond acceptors (Lipinski definition) is 4. The van der Waals surface area contributed by atoms with Crippen molar-refractivity contribution < 1.29 is 14.5 Å². The molecule has 2 aliphatic rings. The smallest absolute Gasteiger partial charge is 0.323 e. The van der Waals surface area contributed by atoms with Gasteiger partial charge in [-0.2, -0.15) is 0 Å². The standard InChI is InChI=1S/C16H19N3O4/c1-11-4-2-3-9-16(11)14(20)18(15(21)17-16)10-12-5-7-13(8-6-12)19(22)23/h5-8,11H,2-4,9-10H2,1H3,(H,17,21)/t11-,16-/m0/s1. The molecule has 1 aliphatic heterocycles. The first-order valence-electron chi connectivity index (χ1n) is 7.81. The molecule has 122 valence electrons. The number of nitro groups is 1. The zero-order chi connectivity index (χ0) is 16.6. The lowest BCUT2D eigenvalue weighted by Crippen LogP contribution is -2.53. The van der Waals surface area contributed by atoms with Gasteiger partial charge in [0.25, 0.3) is 11.6 Å². The first kappa shape index (κ1) is 15.5. The number of benzene rings is 1. The Hall–Kier alpha value is -2.44. The number of amides is 3. The van der Waals surface area contributed by atoms with E-state index in [0.717, 1.165) is 19.3 Å². The van der Waals surface area contributed by atoms with Crippen molar-refractivity contribution in [2.45, 2.75) is 44.7 Å². The molecule has 1 heterocycles. The number of nitro benzene ring substituents is 1. The van der Waals surface area contributed by atoms with Crippen LogP contribution in [0.2, 0.25) is 0 Å². The molecule has 2 atom stereocenters. The average molecular weight is 317 g/mol. The number of carbonyl (C=O) groups excluding carboxylic acids is 2. The third-order valence-electron chi connectivity index (χ3n) is 4.99. The first-order valence-corrected chi connectivity index (χ1v) is 7.81. The number of carbonyl (C=O) groups is 2. The molecule has 0 bridgehead atoms. The van der Waals surface area contributed by atoms with Gasteiger partial charge in [-0.05, 0) is 24.3 Å². The summed E-state index contributed by atoms with van der Waals surface area (Å²) in [7, 11) is 0. The molecular weight excluding hydrogens is 298 g/mol. The second-order valence-corrected chi connectivity index (χ2v) is 6.36. The minimum atomic E-state index is -0.768. The summed E-state index contributed by atoms with van der Waals surface area (Å²) in [5, 5.41) is 13.6. The molecule has 2 fully saturated rings. The molecule has 3 rings (SSSR count). The summed E-state index contributed by atoms with van der Waals surface area (Å²) in [4.78, 5) is 36.5. The maximum absolute atomic E-state index is 12.8. The van der Waals surface area contributed by atoms with E-state index in [0.29, 0.717) is 12.0 Å². The Balaban J connectivity index is 1.79. The molecule has 1 aromatic carbocycles. The van der Waals surface area contributed by atoms with E-state index in [9.17, 15) is 19.7 Å². The summed E-state index contributed by atoms with van der Waals surface area (Å²) in [6.45, 7) is 2.14. The lowest BCUT2D eigenvalue weighted by atomic mass is 9.73. The second kappa shape index (κ2) is 5.64. The lowest BCUT2D eigenvalue weighted by Gasteiger charge is -2.36. The van der Waals surface area contributed by atoms with Crippen molar-refractivity contribution in [1.29, 1.82) is 0 Å². The largest absolute Gasteiger partial charge is 0.325 e. The van der Waals surface area contributed by atoms with Crippen LogP contribution in [0, 0.1) is 16.0 Å². The van der Waals surface area contributed by atoms with Crippen LogP contribution < -0.4 is 5.32 Å². The Kier molecular flexibility index (Phi) is 3.79. The number of rotatable bonds is 3. The van der Waals surface area contributed by atoms with E-state index >= 15 is 0 Å². The fraction of sp³-hybridized carbons (Fsp3) is 0.500. The number of urea groups is 1. The van der Waals surface area contributed by atoms with Crippen molar-refractivity contribution in [3.8, 4) is 0 Å². The molecule has 0 radical (unpaired) electrons. The molecule has 1 aromatic rings. The van der Waals surface area contributed by atoms with Gasteiger partial charge < -0.3 is 5.32 Å². The zero-order valence-corrected chi connectivity index (χ0v) is 12.9. The molecular formula is C16H19N3O4. The van der Waals surface area contributed by atoms with Gasteiger partial charge in [-0.15, -0.1) is 0 Å². The fourth-order valence-electron chi connectivity index (χ4n) is 3.54. The minimum absolute atomic E-state index is 0.0108. The molecule has 7 heteroatoms. The van der Waals surface area contributed by atoms with Crippen LogP contribution in [0.5, 0.6) is 0 Å². The molecule has 1 saturated carbocycles. The fourth-order valence-corrected chi connectivity index (χ4v) is 3.54. The SMILES string of the molecule is C[C@H]1CCCC[C@]12NC(=O)N(Cc1ccc([N+](=O)[O-])cc1)C2=O. The molecule has 1 spiro atoms. The van der Waals surface area contributed by atoms with Gasteiger partial charge in [0, 0.05) is 12.1 Å². The predicted octanol–water partition coefficient (Wildman–Crippen LogP) is 2.60. The van der Waals surface area contributed by atoms with E-state index in [-0.39, 0.29) is 30.1 Å². The number of hydrogen-bond donors (Lipinski definition) is 1. The summed E-state index contributed by atoms with van der Waals surface area (Å²) < 4.78 is 0. The summed E-state index contributed by atoms with van der Waals surface area (Å²) >= 11 is 0. The normalized spacial score (nSPS) is 27.3. The summed E-state index contributed by atoms with van der Waals surface area (Å²) in [5.74, 6) is -0.0531. The Labute approximate surface area is 133 Å². The number of nitrogens with zero attached hydrogens (tertiary/aromatic N) is 2. The summed E-state index contributed by atoms with van der Waals surface area (Å²) in [5.41, 5.74) is -0.0845. The maximum Gasteiger partial charge on any atom is 0.325 e. The summed E-state index contributed by atoms with van der Waals surface area (Å²) in [6, 6.07) is 5.55. The van der Waals surface area contributed by atoms with Gasteiger partial charge in [0.05, 0.1) is 11.5 Å². The highest BCUT2D eigenvalue weighted by Crippen LogP contribution is 2.38. The summed E-state index contributed by atoms with van der Waals surface area (Å²) in [6.07, 6.45) is 3.61. The molecule has 1 saturated heterocycles. The van der Waals surface area contributed by atoms with Crippen LogP contribution in [0.4, 0.5) is 10.5 Å². The highest BCUT2D eigenvalue weighted by Gasteiger charge is 2.54. The van der Waals surface area contributed by atoms with Crippen LogP contribution in [0.3, 0.4) is 0 Å². The van der Waals surface area contributed by atoms with Crippen molar-refractivity contribution in [3.05, 3.63) is 39.9 Å². The van der Waals surface area contributed by atoms with E-state index in [4.69, 9.17) is 0 Å². The van der Waals surface area contributed by atoms with Crippen LogP contribution in [-0.2, 0) is 11.3 Å². The van der Waals surface area contributed by atoms with Crippen LogP contribution >= 0.6 is 0 Å². The molecule has 1 N–H and O–H groups in total. The number of nitrogens with one attached hydrogen (secondary N) is 1. The van der Waals surface area contributed by atoms with Crippen LogP contribution in [0.15, 0.2) is 24.3 Å². The first-order chi connectivity index (χ1) is 10.9. The van der Waals surface area contributed by atoms with Crippen LogP contribution in [-0.4, -0.2) is 27.3 Å². The predicted molar refractivity (Wildman–Crippen MR) is 82.5 cm³/mol. The van der Waals surface area contributed by atoms with Gasteiger partial charge in [-0.25, -0.2) is 4.79 Å². The molecule has 0 unspecified atom stereocenters. The Morgan fingerprint density at radius 1 is 1.30 bits per heavy atom. The Bertz CT molecular complexity index is 658. The van der Waals surface area contributed by atoms with E-state index < -0.39 is 10.5 Å². The van der Waals surface area contributed by atoms with Crippen molar-refractivity contribution in [2.24, 2.45) is 5.92 Å². The topological polar surface area (TPSA) is 92.6 Å². The second-order valence-electron chi connectivity index (χ2n) is 6.36. The van der Waals surface area contributed by atoms with Gasteiger partial charge in [-0.3, -0.25) is 19.8 Å². The highest BCUT2D eigenvalue weighted by molar-refractivity contribution is 6.07. The van der Waals surface area contributed by atoms with Gasteiger partial charge >= 0.3 is 6.03 Å². The van der Waals surface area contributed by atoms with E-state index in [1.165, 1.54) is 17.0 Å². The van der Waals surface area contributed by atoms with Gasteiger partial charge in [-0.1, -0.05) is 31.9 Å². The minimum Gasteiger partial charge on any atom is -0.323 e. The van der Waals surface area contributed by atoms with Gasteiger partial charge in [0.2, 0.25) is 0 Å². The molecule has 1 aliphatic carbocycles. The highest BCUT2D eigenvalue weighted by atomic mass is 16.6. The Morgan fingerprint density at radius 3 is 2.61 bits per heavy atom. The zero-order valence-electron chi connectivity index (χ0n) is 12.9. The molecule has 0 aromatic heterocycles. The molecule has 3 amide bonds. The Morgan fingerprint density at radius 2 is 2.00 bits per heavy atom. The third-order valence-corrected chi connectivity index (χ3v) is 4.99. The third kappa shape index (κ3) is 2.56. The monoisotopic (exact) mass is 317 g/mol. The molecule has 7 nitrogen and oxygen atoms in total. The van der Waals surface area contributed by atoms with Crippen LogP contribution in [0.1, 0.15) is 38.2 Å². The van der Waals surface area contributed by atoms with Gasteiger partial charge in [0.15, 0.2) is 0 Å². The number of imide groups is 1. The molecule has 23 heavy (non-hydrogen) atoms. The maximum atomic E-state index is 12.8. The van der Waals surface area contributed by atoms with E-state index in [1.807, 2.05) is 6.92 Å². The van der Waals surface area contributed by atoms with Gasteiger partial charge in [0.1, 0.15) is 5.54 Å². The van der Waals surface area contributed by atoms with Crippen molar-refractivity contribution >= 4 is 17.6 Å². The quantitative estimate of drug-likeness (QED) is 0.527.